The average molecular weight is 574 g/mol. The van der Waals surface area contributed by atoms with Crippen molar-refractivity contribution in [2.45, 2.75) is 86.8 Å². The first-order valence-electron chi connectivity index (χ1n) is 9.98. The minimum atomic E-state index is -8.32. The van der Waals surface area contributed by atoms with Gasteiger partial charge in [0, 0.05) is 7.11 Å². The SMILES string of the molecule is COC(C)(CC(F)(F)C(F)(F)C(F)(F)C(F)(F)C(F)(F)C(F)(F)C(F)(F)F)c1ccccc1C(C)(C)C. The summed E-state index contributed by atoms with van der Waals surface area (Å²) in [7, 11) is 0.637. The monoisotopic (exact) mass is 574 g/mol. The van der Waals surface area contributed by atoms with Crippen LogP contribution in [0, 0.1) is 0 Å². The van der Waals surface area contributed by atoms with Gasteiger partial charge in [0.2, 0.25) is 0 Å². The Kier molecular flexibility index (Phi) is 8.16. The number of halogens is 15. The zero-order valence-electron chi connectivity index (χ0n) is 19.6. The summed E-state index contributed by atoms with van der Waals surface area (Å²) in [5.74, 6) is -46.8. The van der Waals surface area contributed by atoms with E-state index in [9.17, 15) is 65.9 Å². The molecular weight excluding hydrogens is 553 g/mol. The minimum Gasteiger partial charge on any atom is -0.374 e. The molecule has 0 spiro atoms. The second-order valence-electron chi connectivity index (χ2n) is 9.48. The van der Waals surface area contributed by atoms with Crippen molar-refractivity contribution in [2.24, 2.45) is 0 Å². The van der Waals surface area contributed by atoms with E-state index in [0.29, 0.717) is 14.0 Å². The lowest BCUT2D eigenvalue weighted by Gasteiger charge is -2.43. The molecule has 0 saturated heterocycles. The van der Waals surface area contributed by atoms with Crippen LogP contribution in [-0.4, -0.2) is 48.8 Å². The van der Waals surface area contributed by atoms with Crippen molar-refractivity contribution in [3.05, 3.63) is 35.4 Å². The Bertz CT molecular complexity index is 959. The highest BCUT2D eigenvalue weighted by Gasteiger charge is 2.93. The van der Waals surface area contributed by atoms with Crippen LogP contribution in [0.25, 0.3) is 0 Å². The van der Waals surface area contributed by atoms with Crippen molar-refractivity contribution < 1.29 is 70.6 Å². The minimum absolute atomic E-state index is 0.118. The molecule has 0 aliphatic carbocycles. The molecule has 0 fully saturated rings. The van der Waals surface area contributed by atoms with Gasteiger partial charge < -0.3 is 4.74 Å². The van der Waals surface area contributed by atoms with E-state index in [1.165, 1.54) is 39.0 Å². The van der Waals surface area contributed by atoms with Crippen LogP contribution in [-0.2, 0) is 15.8 Å². The highest BCUT2D eigenvalue weighted by molar-refractivity contribution is 5.37. The van der Waals surface area contributed by atoms with Crippen molar-refractivity contribution in [2.75, 3.05) is 7.11 Å². The van der Waals surface area contributed by atoms with E-state index in [-0.39, 0.29) is 11.1 Å². The highest BCUT2D eigenvalue weighted by atomic mass is 19.4. The lowest BCUT2D eigenvalue weighted by molar-refractivity contribution is -0.453. The molecule has 0 aliphatic heterocycles. The topological polar surface area (TPSA) is 9.23 Å². The largest absolute Gasteiger partial charge is 0.460 e. The fourth-order valence-corrected chi connectivity index (χ4v) is 3.41. The first-order valence-corrected chi connectivity index (χ1v) is 9.98. The van der Waals surface area contributed by atoms with E-state index in [2.05, 4.69) is 0 Å². The van der Waals surface area contributed by atoms with Gasteiger partial charge in [-0.1, -0.05) is 45.0 Å². The van der Waals surface area contributed by atoms with Crippen molar-refractivity contribution in [3.63, 3.8) is 0 Å². The van der Waals surface area contributed by atoms with Crippen LogP contribution >= 0.6 is 0 Å². The average Bonchev–Trinajstić information content (AvgIpc) is 2.71. The predicted molar refractivity (Wildman–Crippen MR) is 99.9 cm³/mol. The smallest absolute Gasteiger partial charge is 0.374 e. The molecule has 0 aliphatic rings. The van der Waals surface area contributed by atoms with Gasteiger partial charge in [0.05, 0.1) is 12.0 Å². The third kappa shape index (κ3) is 4.98. The maximum Gasteiger partial charge on any atom is 0.460 e. The second-order valence-corrected chi connectivity index (χ2v) is 9.48. The van der Waals surface area contributed by atoms with E-state index in [1.807, 2.05) is 0 Å². The zero-order valence-corrected chi connectivity index (χ0v) is 19.6. The predicted octanol–water partition coefficient (Wildman–Crippen LogP) is 8.61. The maximum absolute atomic E-state index is 14.6. The van der Waals surface area contributed by atoms with Crippen molar-refractivity contribution >= 4 is 0 Å². The highest BCUT2D eigenvalue weighted by Crippen LogP contribution is 2.63. The molecule has 1 aromatic rings. The van der Waals surface area contributed by atoms with E-state index in [1.54, 1.807) is 0 Å². The molecule has 0 N–H and O–H groups in total. The van der Waals surface area contributed by atoms with E-state index in [4.69, 9.17) is 4.74 Å². The van der Waals surface area contributed by atoms with E-state index >= 15 is 0 Å². The first kappa shape index (κ1) is 33.2. The number of alkyl halides is 15. The molecule has 1 atom stereocenters. The zero-order chi connectivity index (χ0) is 29.9. The van der Waals surface area contributed by atoms with Gasteiger partial charge >= 0.3 is 41.7 Å². The van der Waals surface area contributed by atoms with Crippen LogP contribution in [0.15, 0.2) is 24.3 Å². The third-order valence-corrected chi connectivity index (χ3v) is 5.71. The molecule has 0 bridgehead atoms. The molecule has 0 aromatic heterocycles. The normalized spacial score (nSPS) is 17.1. The summed E-state index contributed by atoms with van der Waals surface area (Å²) in [6.07, 6.45) is -10.2. The van der Waals surface area contributed by atoms with Gasteiger partial charge in [-0.25, -0.2) is 0 Å². The summed E-state index contributed by atoms with van der Waals surface area (Å²) in [5.41, 5.74) is -3.87. The molecule has 0 heterocycles. The molecule has 37 heavy (non-hydrogen) atoms. The number of methoxy groups -OCH3 is 1. The van der Waals surface area contributed by atoms with Crippen LogP contribution in [0.3, 0.4) is 0 Å². The molecule has 1 aromatic carbocycles. The molecule has 216 valence electrons. The molecule has 0 radical (unpaired) electrons. The Morgan fingerprint density at radius 3 is 1.24 bits per heavy atom. The van der Waals surface area contributed by atoms with Crippen LogP contribution in [0.4, 0.5) is 65.9 Å². The molecule has 1 unspecified atom stereocenters. The lowest BCUT2D eigenvalue weighted by Crippen LogP contribution is -2.72. The van der Waals surface area contributed by atoms with Crippen LogP contribution < -0.4 is 0 Å². The summed E-state index contributed by atoms with van der Waals surface area (Å²) in [6.45, 7) is 5.16. The van der Waals surface area contributed by atoms with Crippen molar-refractivity contribution in [1.82, 2.24) is 0 Å². The summed E-state index contributed by atoms with van der Waals surface area (Å²) >= 11 is 0. The van der Waals surface area contributed by atoms with Gasteiger partial charge in [-0.05, 0) is 23.5 Å². The fourth-order valence-electron chi connectivity index (χ4n) is 3.41. The number of rotatable bonds is 9. The summed E-state index contributed by atoms with van der Waals surface area (Å²) < 4.78 is 208. The first-order chi connectivity index (χ1) is 16.0. The molecule has 0 saturated carbocycles. The Balaban J connectivity index is 3.71. The summed E-state index contributed by atoms with van der Waals surface area (Å²) in [6, 6.07) is 4.87. The van der Waals surface area contributed by atoms with Crippen LogP contribution in [0.1, 0.15) is 45.2 Å². The number of hydrogen-bond acceptors (Lipinski definition) is 1. The van der Waals surface area contributed by atoms with Crippen molar-refractivity contribution in [3.8, 4) is 0 Å². The van der Waals surface area contributed by atoms with Gasteiger partial charge in [0.1, 0.15) is 0 Å². The quantitative estimate of drug-likeness (QED) is 0.269. The van der Waals surface area contributed by atoms with E-state index in [0.717, 1.165) is 6.07 Å². The van der Waals surface area contributed by atoms with E-state index < -0.39 is 59.1 Å². The molecule has 16 heteroatoms. The van der Waals surface area contributed by atoms with Crippen LogP contribution in [0.5, 0.6) is 0 Å². The van der Waals surface area contributed by atoms with Crippen molar-refractivity contribution in [1.29, 1.82) is 0 Å². The molecule has 1 rings (SSSR count). The fraction of sp³-hybridized carbons (Fsp3) is 0.714. The van der Waals surface area contributed by atoms with Gasteiger partial charge in [0.15, 0.2) is 0 Å². The second kappa shape index (κ2) is 9.11. The summed E-state index contributed by atoms with van der Waals surface area (Å²) in [5, 5.41) is 0. The van der Waals surface area contributed by atoms with Crippen LogP contribution in [0.2, 0.25) is 0 Å². The Labute approximate surface area is 201 Å². The van der Waals surface area contributed by atoms with Gasteiger partial charge in [-0.2, -0.15) is 65.9 Å². The number of benzene rings is 1. The molecule has 0 amide bonds. The molecular formula is C21H21F15O. The standard InChI is InChI=1S/C21H21F15O/c1-13(2,3)11-8-6-7-9-12(11)14(4,37-5)10-15(22,23)16(24,25)17(26,27)18(28,29)19(30,31)20(32,33)21(34,35)36/h6-9H,10H2,1-5H3. The van der Waals surface area contributed by atoms with Gasteiger partial charge in [0.25, 0.3) is 0 Å². The number of hydrogen-bond donors (Lipinski definition) is 0. The Hall–Kier alpha value is -1.87. The number of ether oxygens (including phenoxy) is 1. The molecule has 1 nitrogen and oxygen atoms in total. The Morgan fingerprint density at radius 1 is 0.541 bits per heavy atom. The third-order valence-electron chi connectivity index (χ3n) is 5.71. The maximum atomic E-state index is 14.6. The summed E-state index contributed by atoms with van der Waals surface area (Å²) in [4.78, 5) is 0. The Morgan fingerprint density at radius 2 is 0.892 bits per heavy atom. The van der Waals surface area contributed by atoms with Gasteiger partial charge in [-0.3, -0.25) is 0 Å². The van der Waals surface area contributed by atoms with Gasteiger partial charge in [-0.15, -0.1) is 0 Å². The lowest BCUT2D eigenvalue weighted by atomic mass is 9.76.